The highest BCUT2D eigenvalue weighted by Crippen LogP contribution is 2.26. The van der Waals surface area contributed by atoms with E-state index in [0.717, 1.165) is 12.3 Å². The van der Waals surface area contributed by atoms with Crippen molar-refractivity contribution in [1.82, 2.24) is 0 Å². The largest absolute Gasteiger partial charge is 0.207 e. The molecule has 1 heteroatoms. The maximum atomic E-state index is 12.7. The van der Waals surface area contributed by atoms with Gasteiger partial charge in [-0.15, -0.1) is 0 Å². The average molecular weight is 205 g/mol. The maximum Gasteiger partial charge on any atom is 0.123 e. The van der Waals surface area contributed by atoms with Crippen LogP contribution >= 0.6 is 0 Å². The first-order valence-corrected chi connectivity index (χ1v) is 5.91. The lowest BCUT2D eigenvalue weighted by molar-refractivity contribution is 0.380. The van der Waals surface area contributed by atoms with Crippen molar-refractivity contribution in [3.63, 3.8) is 0 Å². The monoisotopic (exact) mass is 205 g/mol. The van der Waals surface area contributed by atoms with Gasteiger partial charge >= 0.3 is 0 Å². The quantitative estimate of drug-likeness (QED) is 0.695. The Labute approximate surface area is 91.5 Å². The molecule has 0 nitrogen and oxygen atoms in total. The van der Waals surface area contributed by atoms with Crippen molar-refractivity contribution in [2.45, 2.75) is 38.5 Å². The minimum absolute atomic E-state index is 0.133. The SMILES string of the molecule is Fc1ccc(CCC2CC[CH]CC2)cc1. The summed E-state index contributed by atoms with van der Waals surface area (Å²) in [7, 11) is 0. The average Bonchev–Trinajstić information content (AvgIpc) is 2.30. The van der Waals surface area contributed by atoms with E-state index in [-0.39, 0.29) is 5.82 Å². The zero-order valence-electron chi connectivity index (χ0n) is 9.08. The lowest BCUT2D eigenvalue weighted by atomic mass is 9.85. The number of hydrogen-bond donors (Lipinski definition) is 0. The standard InChI is InChI=1S/C14H18F/c15-14-10-8-13(9-11-14)7-6-12-4-2-1-3-5-12/h1,8-12H,2-7H2. The molecule has 0 bridgehead atoms. The lowest BCUT2D eigenvalue weighted by Gasteiger charge is -2.21. The molecular weight excluding hydrogens is 187 g/mol. The van der Waals surface area contributed by atoms with E-state index in [0.29, 0.717) is 0 Å². The van der Waals surface area contributed by atoms with Crippen LogP contribution in [-0.2, 0) is 6.42 Å². The van der Waals surface area contributed by atoms with Crippen LogP contribution < -0.4 is 0 Å². The number of halogens is 1. The summed E-state index contributed by atoms with van der Waals surface area (Å²) >= 11 is 0. The molecule has 0 N–H and O–H groups in total. The Balaban J connectivity index is 1.79. The van der Waals surface area contributed by atoms with Crippen molar-refractivity contribution >= 4 is 0 Å². The second kappa shape index (κ2) is 5.29. The Kier molecular flexibility index (Phi) is 3.76. The van der Waals surface area contributed by atoms with Crippen LogP contribution in [0.25, 0.3) is 0 Å². The molecule has 0 saturated heterocycles. The van der Waals surface area contributed by atoms with Gasteiger partial charge in [0.05, 0.1) is 0 Å². The fourth-order valence-electron chi connectivity index (χ4n) is 2.31. The molecule has 0 atom stereocenters. The second-order valence-corrected chi connectivity index (χ2v) is 4.47. The van der Waals surface area contributed by atoms with Gasteiger partial charge in [0.15, 0.2) is 0 Å². The van der Waals surface area contributed by atoms with E-state index in [1.807, 2.05) is 12.1 Å². The summed E-state index contributed by atoms with van der Waals surface area (Å²) in [6.45, 7) is 0. The normalized spacial score (nSPS) is 17.9. The Hall–Kier alpha value is -0.850. The van der Waals surface area contributed by atoms with Crippen LogP contribution in [0, 0.1) is 18.2 Å². The fraction of sp³-hybridized carbons (Fsp3) is 0.500. The number of aryl methyl sites for hydroxylation is 1. The molecule has 15 heavy (non-hydrogen) atoms. The summed E-state index contributed by atoms with van der Waals surface area (Å²) in [6.07, 6.45) is 10.0. The predicted molar refractivity (Wildman–Crippen MR) is 61.0 cm³/mol. The molecule has 1 aliphatic carbocycles. The molecule has 1 radical (unpaired) electrons. The van der Waals surface area contributed by atoms with Crippen molar-refractivity contribution in [2.24, 2.45) is 5.92 Å². The van der Waals surface area contributed by atoms with Crippen molar-refractivity contribution < 1.29 is 4.39 Å². The minimum Gasteiger partial charge on any atom is -0.207 e. The van der Waals surface area contributed by atoms with Crippen LogP contribution in [0.4, 0.5) is 4.39 Å². The maximum absolute atomic E-state index is 12.7. The van der Waals surface area contributed by atoms with Crippen LogP contribution in [0.1, 0.15) is 37.7 Å². The molecule has 1 saturated carbocycles. The van der Waals surface area contributed by atoms with E-state index >= 15 is 0 Å². The van der Waals surface area contributed by atoms with Crippen LogP contribution in [-0.4, -0.2) is 0 Å². The third-order valence-corrected chi connectivity index (χ3v) is 3.31. The van der Waals surface area contributed by atoms with E-state index in [2.05, 4.69) is 6.42 Å². The summed E-state index contributed by atoms with van der Waals surface area (Å²) in [6, 6.07) is 6.93. The Bertz CT molecular complexity index is 283. The zero-order chi connectivity index (χ0) is 10.5. The van der Waals surface area contributed by atoms with E-state index in [1.54, 1.807) is 12.1 Å². The van der Waals surface area contributed by atoms with Gasteiger partial charge in [-0.2, -0.15) is 0 Å². The fourth-order valence-corrected chi connectivity index (χ4v) is 2.31. The van der Waals surface area contributed by atoms with Gasteiger partial charge in [-0.25, -0.2) is 4.39 Å². The highest BCUT2D eigenvalue weighted by molar-refractivity contribution is 5.16. The molecule has 2 rings (SSSR count). The summed E-state index contributed by atoms with van der Waals surface area (Å²) in [5.74, 6) is 0.756. The van der Waals surface area contributed by atoms with Crippen molar-refractivity contribution in [1.29, 1.82) is 0 Å². The second-order valence-electron chi connectivity index (χ2n) is 4.47. The van der Waals surface area contributed by atoms with Crippen molar-refractivity contribution in [2.75, 3.05) is 0 Å². The molecule has 0 unspecified atom stereocenters. The number of hydrogen-bond acceptors (Lipinski definition) is 0. The third-order valence-electron chi connectivity index (χ3n) is 3.31. The third kappa shape index (κ3) is 3.33. The van der Waals surface area contributed by atoms with Gasteiger partial charge in [0, 0.05) is 0 Å². The summed E-state index contributed by atoms with van der Waals surface area (Å²) in [5.41, 5.74) is 1.27. The van der Waals surface area contributed by atoms with E-state index < -0.39 is 0 Å². The van der Waals surface area contributed by atoms with Crippen LogP contribution in [0.2, 0.25) is 0 Å². The molecule has 0 heterocycles. The van der Waals surface area contributed by atoms with E-state index in [1.165, 1.54) is 37.7 Å². The Morgan fingerprint density at radius 1 is 1.07 bits per heavy atom. The first-order valence-electron chi connectivity index (χ1n) is 5.91. The Morgan fingerprint density at radius 3 is 2.40 bits per heavy atom. The van der Waals surface area contributed by atoms with Crippen molar-refractivity contribution in [3.05, 3.63) is 42.1 Å². The summed E-state index contributed by atoms with van der Waals surface area (Å²) in [4.78, 5) is 0. The molecule has 81 valence electrons. The number of benzene rings is 1. The molecular formula is C14H18F. The van der Waals surface area contributed by atoms with Gasteiger partial charge in [0.2, 0.25) is 0 Å². The number of rotatable bonds is 3. The molecule has 0 aliphatic heterocycles. The molecule has 0 amide bonds. The van der Waals surface area contributed by atoms with E-state index in [4.69, 9.17) is 0 Å². The summed E-state index contributed by atoms with van der Waals surface area (Å²) < 4.78 is 12.7. The van der Waals surface area contributed by atoms with Crippen LogP contribution in [0.3, 0.4) is 0 Å². The minimum atomic E-state index is -0.133. The van der Waals surface area contributed by atoms with E-state index in [9.17, 15) is 4.39 Å². The molecule has 0 aromatic heterocycles. The van der Waals surface area contributed by atoms with Crippen molar-refractivity contribution in [3.8, 4) is 0 Å². The first-order chi connectivity index (χ1) is 7.34. The molecule has 1 aromatic rings. The van der Waals surface area contributed by atoms with Gasteiger partial charge in [0.25, 0.3) is 0 Å². The lowest BCUT2D eigenvalue weighted by Crippen LogP contribution is -2.07. The molecule has 1 fully saturated rings. The highest BCUT2D eigenvalue weighted by atomic mass is 19.1. The first kappa shape index (κ1) is 10.7. The molecule has 1 aromatic carbocycles. The van der Waals surface area contributed by atoms with Crippen LogP contribution in [0.5, 0.6) is 0 Å². The van der Waals surface area contributed by atoms with Gasteiger partial charge in [-0.3, -0.25) is 0 Å². The highest BCUT2D eigenvalue weighted by Gasteiger charge is 2.12. The molecule has 1 aliphatic rings. The Morgan fingerprint density at radius 2 is 1.73 bits per heavy atom. The van der Waals surface area contributed by atoms with Gasteiger partial charge in [-0.05, 0) is 55.7 Å². The van der Waals surface area contributed by atoms with Crippen LogP contribution in [0.15, 0.2) is 24.3 Å². The van der Waals surface area contributed by atoms with Gasteiger partial charge < -0.3 is 0 Å². The summed E-state index contributed by atoms with van der Waals surface area (Å²) in [5, 5.41) is 0. The smallest absolute Gasteiger partial charge is 0.123 e. The zero-order valence-corrected chi connectivity index (χ0v) is 9.08. The van der Waals surface area contributed by atoms with Gasteiger partial charge in [0.1, 0.15) is 5.82 Å². The topological polar surface area (TPSA) is 0 Å². The molecule has 0 spiro atoms. The van der Waals surface area contributed by atoms with Gasteiger partial charge in [-0.1, -0.05) is 25.0 Å². The predicted octanol–water partition coefficient (Wildman–Crippen LogP) is 4.15.